The van der Waals surface area contributed by atoms with E-state index in [1.807, 2.05) is 0 Å². The number of hydrogen-bond donors (Lipinski definition) is 1. The number of hydrazine groups is 1. The van der Waals surface area contributed by atoms with Gasteiger partial charge in [0, 0.05) is 25.0 Å². The lowest BCUT2D eigenvalue weighted by molar-refractivity contribution is 0.0403. The highest BCUT2D eigenvalue weighted by atomic mass is 16.5. The van der Waals surface area contributed by atoms with E-state index in [9.17, 15) is 14.4 Å². The van der Waals surface area contributed by atoms with E-state index in [1.54, 1.807) is 56.4 Å². The predicted molar refractivity (Wildman–Crippen MR) is 103 cm³/mol. The number of carbonyl (C=O) groups excluding carboxylic acids is 3. The zero-order chi connectivity index (χ0) is 20.1. The number of nitrogens with zero attached hydrogens (tertiary/aromatic N) is 3. The Labute approximate surface area is 163 Å². The first-order valence-electron chi connectivity index (χ1n) is 9.10. The summed E-state index contributed by atoms with van der Waals surface area (Å²) in [6, 6.07) is 9.45. The van der Waals surface area contributed by atoms with Gasteiger partial charge in [0.15, 0.2) is 0 Å². The molecule has 1 saturated heterocycles. The van der Waals surface area contributed by atoms with Crippen LogP contribution in [0.2, 0.25) is 0 Å². The Hall–Kier alpha value is -3.42. The molecule has 0 aliphatic carbocycles. The van der Waals surface area contributed by atoms with E-state index in [0.29, 0.717) is 42.0 Å². The minimum atomic E-state index is -0.455. The van der Waals surface area contributed by atoms with Gasteiger partial charge in [0.05, 0.1) is 23.4 Å². The number of nitrogens with one attached hydrogen (secondary N) is 1. The third-order valence-corrected chi connectivity index (χ3v) is 4.36. The molecular formula is C20H22N4O4. The number of carbonyl (C=O) groups is 3. The minimum Gasteiger partial charge on any atom is -0.462 e. The van der Waals surface area contributed by atoms with Gasteiger partial charge in [0.25, 0.3) is 5.91 Å². The van der Waals surface area contributed by atoms with E-state index < -0.39 is 12.0 Å². The van der Waals surface area contributed by atoms with Crippen molar-refractivity contribution in [3.05, 3.63) is 59.4 Å². The summed E-state index contributed by atoms with van der Waals surface area (Å²) >= 11 is 0. The van der Waals surface area contributed by atoms with Crippen molar-refractivity contribution >= 4 is 23.6 Å². The van der Waals surface area contributed by atoms with Gasteiger partial charge in [0.1, 0.15) is 0 Å². The van der Waals surface area contributed by atoms with Gasteiger partial charge in [-0.15, -0.1) is 0 Å². The molecule has 8 heteroatoms. The van der Waals surface area contributed by atoms with Crippen LogP contribution in [-0.2, 0) is 4.74 Å². The fraction of sp³-hybridized carbons (Fsp3) is 0.300. The number of anilines is 1. The van der Waals surface area contributed by atoms with Crippen LogP contribution < -0.4 is 5.32 Å². The predicted octanol–water partition coefficient (Wildman–Crippen LogP) is 2.86. The van der Waals surface area contributed by atoms with E-state index in [2.05, 4.69) is 10.3 Å². The van der Waals surface area contributed by atoms with Crippen molar-refractivity contribution in [2.24, 2.45) is 0 Å². The van der Waals surface area contributed by atoms with Crippen LogP contribution in [0.15, 0.2) is 42.6 Å². The molecule has 0 atom stereocenters. The topological polar surface area (TPSA) is 91.8 Å². The number of esters is 1. The van der Waals surface area contributed by atoms with Crippen LogP contribution in [0.25, 0.3) is 0 Å². The summed E-state index contributed by atoms with van der Waals surface area (Å²) in [5.74, 6) is -0.720. The van der Waals surface area contributed by atoms with E-state index in [4.69, 9.17) is 4.74 Å². The zero-order valence-corrected chi connectivity index (χ0v) is 15.8. The molecule has 1 fully saturated rings. The number of benzene rings is 1. The molecule has 0 unspecified atom stereocenters. The van der Waals surface area contributed by atoms with Gasteiger partial charge in [-0.05, 0) is 50.6 Å². The molecule has 28 heavy (non-hydrogen) atoms. The standard InChI is InChI=1S/C20H22N4O4/c1-3-28-19(26)15-7-4-8-16(13-15)22-20(27)24-12-6-11-23(24)18(25)17-9-5-10-21-14(17)2/h4-5,7-10,13H,3,6,11-12H2,1-2H3,(H,22,27). The van der Waals surface area contributed by atoms with Crippen LogP contribution >= 0.6 is 0 Å². The van der Waals surface area contributed by atoms with Crippen molar-refractivity contribution in [3.8, 4) is 0 Å². The Morgan fingerprint density at radius 3 is 2.68 bits per heavy atom. The molecule has 0 spiro atoms. The van der Waals surface area contributed by atoms with Crippen LogP contribution in [0.1, 0.15) is 39.8 Å². The van der Waals surface area contributed by atoms with E-state index in [1.165, 1.54) is 10.0 Å². The lowest BCUT2D eigenvalue weighted by atomic mass is 10.2. The monoisotopic (exact) mass is 382 g/mol. The van der Waals surface area contributed by atoms with Crippen molar-refractivity contribution in [1.29, 1.82) is 0 Å². The number of rotatable bonds is 4. The molecule has 8 nitrogen and oxygen atoms in total. The maximum Gasteiger partial charge on any atom is 0.340 e. The second-order valence-electron chi connectivity index (χ2n) is 6.27. The molecule has 3 rings (SSSR count). The number of ether oxygens (including phenoxy) is 1. The van der Waals surface area contributed by atoms with Gasteiger partial charge < -0.3 is 10.1 Å². The molecule has 1 aromatic carbocycles. The molecule has 2 heterocycles. The Morgan fingerprint density at radius 2 is 1.93 bits per heavy atom. The molecule has 0 bridgehead atoms. The summed E-state index contributed by atoms with van der Waals surface area (Å²) < 4.78 is 4.98. The van der Waals surface area contributed by atoms with E-state index in [-0.39, 0.29) is 12.5 Å². The quantitative estimate of drug-likeness (QED) is 0.821. The summed E-state index contributed by atoms with van der Waals surface area (Å²) in [4.78, 5) is 41.6. The number of amides is 3. The third-order valence-electron chi connectivity index (χ3n) is 4.36. The van der Waals surface area contributed by atoms with Crippen molar-refractivity contribution < 1.29 is 19.1 Å². The molecular weight excluding hydrogens is 360 g/mol. The van der Waals surface area contributed by atoms with Crippen molar-refractivity contribution in [2.45, 2.75) is 20.3 Å². The first kappa shape index (κ1) is 19.3. The summed E-state index contributed by atoms with van der Waals surface area (Å²) in [6.45, 7) is 4.63. The van der Waals surface area contributed by atoms with Gasteiger partial charge in [-0.1, -0.05) is 6.07 Å². The van der Waals surface area contributed by atoms with Crippen molar-refractivity contribution in [2.75, 3.05) is 25.0 Å². The summed E-state index contributed by atoms with van der Waals surface area (Å²) in [6.07, 6.45) is 2.30. The number of aromatic nitrogens is 1. The van der Waals surface area contributed by atoms with E-state index in [0.717, 1.165) is 0 Å². The van der Waals surface area contributed by atoms with Crippen LogP contribution in [0.3, 0.4) is 0 Å². The van der Waals surface area contributed by atoms with Gasteiger partial charge >= 0.3 is 12.0 Å². The second-order valence-corrected chi connectivity index (χ2v) is 6.27. The largest absolute Gasteiger partial charge is 0.462 e. The van der Waals surface area contributed by atoms with E-state index >= 15 is 0 Å². The highest BCUT2D eigenvalue weighted by Crippen LogP contribution is 2.19. The minimum absolute atomic E-state index is 0.265. The molecule has 146 valence electrons. The zero-order valence-electron chi connectivity index (χ0n) is 15.8. The molecule has 1 aliphatic rings. The third kappa shape index (κ3) is 4.11. The van der Waals surface area contributed by atoms with Gasteiger partial charge in [-0.25, -0.2) is 19.6 Å². The highest BCUT2D eigenvalue weighted by Gasteiger charge is 2.32. The first-order chi connectivity index (χ1) is 13.5. The Balaban J connectivity index is 1.73. The molecule has 3 amide bonds. The Kier molecular flexibility index (Phi) is 5.88. The van der Waals surface area contributed by atoms with Crippen LogP contribution in [0, 0.1) is 6.92 Å². The average Bonchev–Trinajstić information content (AvgIpc) is 3.18. The number of pyridine rings is 1. The Morgan fingerprint density at radius 1 is 1.14 bits per heavy atom. The maximum absolute atomic E-state index is 12.9. The fourth-order valence-corrected chi connectivity index (χ4v) is 3.01. The summed E-state index contributed by atoms with van der Waals surface area (Å²) in [7, 11) is 0. The number of hydrogen-bond acceptors (Lipinski definition) is 5. The average molecular weight is 382 g/mol. The summed E-state index contributed by atoms with van der Waals surface area (Å²) in [5.41, 5.74) is 1.88. The SMILES string of the molecule is CCOC(=O)c1cccc(NC(=O)N2CCCN2C(=O)c2cccnc2C)c1. The molecule has 2 aromatic rings. The van der Waals surface area contributed by atoms with Gasteiger partial charge in [-0.2, -0.15) is 0 Å². The lowest BCUT2D eigenvalue weighted by Gasteiger charge is -2.28. The highest BCUT2D eigenvalue weighted by molar-refractivity contribution is 5.98. The van der Waals surface area contributed by atoms with Crippen LogP contribution in [0.4, 0.5) is 10.5 Å². The van der Waals surface area contributed by atoms with Crippen LogP contribution in [0.5, 0.6) is 0 Å². The lowest BCUT2D eigenvalue weighted by Crippen LogP contribution is -2.47. The molecule has 0 saturated carbocycles. The normalized spacial score (nSPS) is 13.4. The van der Waals surface area contributed by atoms with Crippen molar-refractivity contribution in [1.82, 2.24) is 15.0 Å². The van der Waals surface area contributed by atoms with Gasteiger partial charge in [-0.3, -0.25) is 9.78 Å². The fourth-order valence-electron chi connectivity index (χ4n) is 3.01. The van der Waals surface area contributed by atoms with Crippen LogP contribution in [-0.4, -0.2) is 52.6 Å². The molecule has 0 radical (unpaired) electrons. The van der Waals surface area contributed by atoms with Gasteiger partial charge in [0.2, 0.25) is 0 Å². The second kappa shape index (κ2) is 8.51. The smallest absolute Gasteiger partial charge is 0.340 e. The first-order valence-corrected chi connectivity index (χ1v) is 9.10. The van der Waals surface area contributed by atoms with Crippen molar-refractivity contribution in [3.63, 3.8) is 0 Å². The number of urea groups is 1. The number of aryl methyl sites for hydroxylation is 1. The maximum atomic E-state index is 12.9. The molecule has 1 aliphatic heterocycles. The molecule has 1 aromatic heterocycles. The Bertz CT molecular complexity index is 899. The molecule has 1 N–H and O–H groups in total. The summed E-state index contributed by atoms with van der Waals surface area (Å²) in [5, 5.41) is 5.55.